The Morgan fingerprint density at radius 2 is 2.05 bits per heavy atom. The average Bonchev–Trinajstić information content (AvgIpc) is 2.72. The maximum absolute atomic E-state index is 12.1. The van der Waals surface area contributed by atoms with E-state index in [1.54, 1.807) is 31.2 Å². The first-order valence-corrected chi connectivity index (χ1v) is 6.58. The van der Waals surface area contributed by atoms with Gasteiger partial charge < -0.3 is 0 Å². The number of carbonyl (C=O) groups is 3. The summed E-state index contributed by atoms with van der Waals surface area (Å²) in [6.07, 6.45) is 1.33. The Morgan fingerprint density at radius 3 is 2.63 bits per heavy atom. The van der Waals surface area contributed by atoms with Crippen LogP contribution >= 0.6 is 0 Å². The number of hydrogen-bond donors (Lipinski definition) is 0. The van der Waals surface area contributed by atoms with Gasteiger partial charge in [-0.05, 0) is 18.6 Å². The maximum Gasteiger partial charge on any atom is 0.237 e. The summed E-state index contributed by atoms with van der Waals surface area (Å²) >= 11 is 0. The molecule has 100 valence electrons. The fourth-order valence-electron chi connectivity index (χ4n) is 2.31. The molecule has 1 saturated heterocycles. The second kappa shape index (κ2) is 5.34. The first-order chi connectivity index (χ1) is 9.08. The van der Waals surface area contributed by atoms with Gasteiger partial charge in [0.15, 0.2) is 5.78 Å². The van der Waals surface area contributed by atoms with Gasteiger partial charge in [-0.3, -0.25) is 19.3 Å². The van der Waals surface area contributed by atoms with Crippen molar-refractivity contribution in [2.24, 2.45) is 5.92 Å². The third-order valence-electron chi connectivity index (χ3n) is 3.48. The highest BCUT2D eigenvalue weighted by atomic mass is 16.2. The number of rotatable bonds is 4. The van der Waals surface area contributed by atoms with Gasteiger partial charge in [-0.25, -0.2) is 0 Å². The smallest absolute Gasteiger partial charge is 0.237 e. The minimum atomic E-state index is -0.224. The van der Waals surface area contributed by atoms with Crippen LogP contribution < -0.4 is 4.90 Å². The van der Waals surface area contributed by atoms with Gasteiger partial charge in [0, 0.05) is 24.3 Å². The number of benzene rings is 1. The van der Waals surface area contributed by atoms with Crippen molar-refractivity contribution in [1.29, 1.82) is 0 Å². The first-order valence-electron chi connectivity index (χ1n) is 6.58. The highest BCUT2D eigenvalue weighted by Crippen LogP contribution is 2.28. The second-order valence-corrected chi connectivity index (χ2v) is 4.70. The number of imide groups is 1. The molecule has 1 aromatic rings. The van der Waals surface area contributed by atoms with Crippen LogP contribution in [0.15, 0.2) is 24.3 Å². The number of Topliss-reactive ketones (excluding diaryl/α,β-unsaturated/α-hetero) is 1. The first kappa shape index (κ1) is 13.5. The Hall–Kier alpha value is -1.97. The zero-order valence-electron chi connectivity index (χ0n) is 11.2. The Labute approximate surface area is 112 Å². The highest BCUT2D eigenvalue weighted by Gasteiger charge is 2.38. The molecule has 4 heteroatoms. The second-order valence-electron chi connectivity index (χ2n) is 4.70. The molecule has 1 heterocycles. The Balaban J connectivity index is 2.34. The van der Waals surface area contributed by atoms with E-state index in [9.17, 15) is 14.4 Å². The van der Waals surface area contributed by atoms with Crippen LogP contribution in [0.3, 0.4) is 0 Å². The van der Waals surface area contributed by atoms with Gasteiger partial charge in [-0.1, -0.05) is 26.0 Å². The van der Waals surface area contributed by atoms with E-state index in [2.05, 4.69) is 0 Å². The molecule has 0 aliphatic carbocycles. The van der Waals surface area contributed by atoms with Gasteiger partial charge in [0.1, 0.15) is 0 Å². The Morgan fingerprint density at radius 1 is 1.32 bits per heavy atom. The summed E-state index contributed by atoms with van der Waals surface area (Å²) < 4.78 is 0. The molecule has 2 amide bonds. The van der Waals surface area contributed by atoms with Gasteiger partial charge in [-0.2, -0.15) is 0 Å². The minimum Gasteiger partial charge on any atom is -0.294 e. The van der Waals surface area contributed by atoms with Crippen LogP contribution in [-0.4, -0.2) is 17.6 Å². The third-order valence-corrected chi connectivity index (χ3v) is 3.48. The molecule has 0 bridgehead atoms. The van der Waals surface area contributed by atoms with Crippen LogP contribution in [0, 0.1) is 5.92 Å². The lowest BCUT2D eigenvalue weighted by molar-refractivity contribution is -0.122. The number of hydrogen-bond acceptors (Lipinski definition) is 3. The van der Waals surface area contributed by atoms with Crippen molar-refractivity contribution < 1.29 is 14.4 Å². The zero-order chi connectivity index (χ0) is 14.0. The van der Waals surface area contributed by atoms with Crippen molar-refractivity contribution in [3.05, 3.63) is 29.8 Å². The lowest BCUT2D eigenvalue weighted by atomic mass is 10.1. The molecule has 0 N–H and O–H groups in total. The van der Waals surface area contributed by atoms with Crippen molar-refractivity contribution in [3.63, 3.8) is 0 Å². The molecule has 1 aromatic carbocycles. The summed E-state index contributed by atoms with van der Waals surface area (Å²) in [6, 6.07) is 6.73. The normalized spacial score (nSPS) is 19.1. The molecule has 4 nitrogen and oxygen atoms in total. The summed E-state index contributed by atoms with van der Waals surface area (Å²) in [5, 5.41) is 0. The van der Waals surface area contributed by atoms with Gasteiger partial charge >= 0.3 is 0 Å². The molecular formula is C15H17NO3. The van der Waals surface area contributed by atoms with Crippen LogP contribution in [-0.2, 0) is 9.59 Å². The summed E-state index contributed by atoms with van der Waals surface area (Å²) in [4.78, 5) is 36.9. The van der Waals surface area contributed by atoms with E-state index in [0.717, 1.165) is 0 Å². The number of nitrogens with zero attached hydrogens (tertiary/aromatic N) is 1. The number of carbonyl (C=O) groups excluding carboxylic acids is 3. The third kappa shape index (κ3) is 2.43. The van der Waals surface area contributed by atoms with Gasteiger partial charge in [-0.15, -0.1) is 0 Å². The molecule has 0 radical (unpaired) electrons. The average molecular weight is 259 g/mol. The van der Waals surface area contributed by atoms with E-state index in [-0.39, 0.29) is 29.9 Å². The van der Waals surface area contributed by atoms with E-state index in [0.29, 0.717) is 24.1 Å². The molecule has 1 fully saturated rings. The minimum absolute atomic E-state index is 0.00739. The molecule has 1 aliphatic heterocycles. The summed E-state index contributed by atoms with van der Waals surface area (Å²) in [5.41, 5.74) is 1.05. The molecule has 1 aliphatic rings. The maximum atomic E-state index is 12.1. The SMILES string of the molecule is CCC(=O)c1cccc(N2C(=O)CC(CC)C2=O)c1. The molecule has 19 heavy (non-hydrogen) atoms. The van der Waals surface area contributed by atoms with Gasteiger partial charge in [0.25, 0.3) is 0 Å². The van der Waals surface area contributed by atoms with E-state index in [4.69, 9.17) is 0 Å². The summed E-state index contributed by atoms with van der Waals surface area (Å²) in [7, 11) is 0. The van der Waals surface area contributed by atoms with E-state index in [1.165, 1.54) is 4.90 Å². The molecule has 0 aromatic heterocycles. The number of ketones is 1. The van der Waals surface area contributed by atoms with Gasteiger partial charge in [0.2, 0.25) is 11.8 Å². The number of amides is 2. The lowest BCUT2D eigenvalue weighted by Crippen LogP contribution is -2.30. The summed E-state index contributed by atoms with van der Waals surface area (Å²) in [5.74, 6) is -0.558. The molecular weight excluding hydrogens is 242 g/mol. The summed E-state index contributed by atoms with van der Waals surface area (Å²) in [6.45, 7) is 3.69. The van der Waals surface area contributed by atoms with Crippen molar-refractivity contribution in [1.82, 2.24) is 0 Å². The highest BCUT2D eigenvalue weighted by molar-refractivity contribution is 6.21. The molecule has 1 atom stereocenters. The van der Waals surface area contributed by atoms with Crippen LogP contribution in [0.25, 0.3) is 0 Å². The van der Waals surface area contributed by atoms with Crippen molar-refractivity contribution in [2.75, 3.05) is 4.90 Å². The van der Waals surface area contributed by atoms with Gasteiger partial charge in [0.05, 0.1) is 5.69 Å². The van der Waals surface area contributed by atoms with Crippen LogP contribution in [0.2, 0.25) is 0 Å². The molecule has 0 spiro atoms. The van der Waals surface area contributed by atoms with Crippen molar-refractivity contribution >= 4 is 23.3 Å². The molecule has 0 saturated carbocycles. The van der Waals surface area contributed by atoms with Crippen LogP contribution in [0.1, 0.15) is 43.5 Å². The molecule has 1 unspecified atom stereocenters. The predicted molar refractivity (Wildman–Crippen MR) is 72.0 cm³/mol. The topological polar surface area (TPSA) is 54.5 Å². The van der Waals surface area contributed by atoms with Crippen molar-refractivity contribution in [2.45, 2.75) is 33.1 Å². The van der Waals surface area contributed by atoms with Crippen LogP contribution in [0.5, 0.6) is 0 Å². The van der Waals surface area contributed by atoms with E-state index >= 15 is 0 Å². The fraction of sp³-hybridized carbons (Fsp3) is 0.400. The van der Waals surface area contributed by atoms with E-state index in [1.807, 2.05) is 6.92 Å². The van der Waals surface area contributed by atoms with Crippen molar-refractivity contribution in [3.8, 4) is 0 Å². The standard InChI is InChI=1S/C15H17NO3/c1-3-10-9-14(18)16(15(10)19)12-7-5-6-11(8-12)13(17)4-2/h5-8,10H,3-4,9H2,1-2H3. The van der Waals surface area contributed by atoms with Crippen LogP contribution in [0.4, 0.5) is 5.69 Å². The Bertz CT molecular complexity index is 536. The monoisotopic (exact) mass is 259 g/mol. The largest absolute Gasteiger partial charge is 0.294 e. The lowest BCUT2D eigenvalue weighted by Gasteiger charge is -2.15. The quantitative estimate of drug-likeness (QED) is 0.617. The Kier molecular flexibility index (Phi) is 3.79. The molecule has 2 rings (SSSR count). The van der Waals surface area contributed by atoms with E-state index < -0.39 is 0 Å². The predicted octanol–water partition coefficient (Wildman–Crippen LogP) is 2.57. The fourth-order valence-corrected chi connectivity index (χ4v) is 2.31. The number of anilines is 1. The zero-order valence-corrected chi connectivity index (χ0v) is 11.2.